The second-order valence-electron chi connectivity index (χ2n) is 5.57. The van der Waals surface area contributed by atoms with E-state index in [4.69, 9.17) is 0 Å². The molecule has 0 saturated heterocycles. The van der Waals surface area contributed by atoms with Gasteiger partial charge in [0.15, 0.2) is 0 Å². The van der Waals surface area contributed by atoms with Gasteiger partial charge in [-0.05, 0) is 42.7 Å². The minimum Gasteiger partial charge on any atom is -0.388 e. The number of rotatable bonds is 5. The molecule has 1 aromatic carbocycles. The van der Waals surface area contributed by atoms with Gasteiger partial charge in [0.1, 0.15) is 6.10 Å². The summed E-state index contributed by atoms with van der Waals surface area (Å²) in [5.41, 5.74) is 5.96. The van der Waals surface area contributed by atoms with E-state index >= 15 is 0 Å². The predicted octanol–water partition coefficient (Wildman–Crippen LogP) is 3.81. The van der Waals surface area contributed by atoms with Gasteiger partial charge in [0.2, 0.25) is 0 Å². The second kappa shape index (κ2) is 6.19. The molecule has 3 nitrogen and oxygen atoms in total. The number of allylic oxidation sites excluding steroid dienone is 2. The fourth-order valence-electron chi connectivity index (χ4n) is 2.89. The zero-order valence-corrected chi connectivity index (χ0v) is 13.0. The van der Waals surface area contributed by atoms with E-state index < -0.39 is 6.10 Å². The van der Waals surface area contributed by atoms with Crippen molar-refractivity contribution in [3.63, 3.8) is 0 Å². The molecule has 0 amide bonds. The van der Waals surface area contributed by atoms with Gasteiger partial charge in [-0.2, -0.15) is 0 Å². The molecule has 3 heteroatoms. The van der Waals surface area contributed by atoms with Gasteiger partial charge in [-0.3, -0.25) is 0 Å². The summed E-state index contributed by atoms with van der Waals surface area (Å²) >= 11 is 0. The molecule has 0 fully saturated rings. The van der Waals surface area contributed by atoms with Gasteiger partial charge in [0.05, 0.1) is 0 Å². The zero-order chi connectivity index (χ0) is 15.6. The van der Waals surface area contributed by atoms with Crippen molar-refractivity contribution in [1.82, 2.24) is 0 Å². The fraction of sp³-hybridized carbons (Fsp3) is 0.333. The van der Waals surface area contributed by atoms with Crippen molar-refractivity contribution in [3.8, 4) is 0 Å². The Hall–Kier alpha value is -2.00. The van der Waals surface area contributed by atoms with Crippen LogP contribution in [0.4, 0.5) is 11.4 Å². The predicted molar refractivity (Wildman–Crippen MR) is 90.8 cm³/mol. The van der Waals surface area contributed by atoms with Crippen LogP contribution in [-0.2, 0) is 6.42 Å². The van der Waals surface area contributed by atoms with Gasteiger partial charge in [0.25, 0.3) is 0 Å². The smallest absolute Gasteiger partial charge is 0.107 e. The maximum absolute atomic E-state index is 10.7. The number of fused-ring (bicyclic) bond motifs is 1. The Labute approximate surface area is 127 Å². The van der Waals surface area contributed by atoms with E-state index in [0.717, 1.165) is 40.1 Å². The van der Waals surface area contributed by atoms with E-state index in [2.05, 4.69) is 43.7 Å². The maximum Gasteiger partial charge on any atom is 0.107 e. The molecule has 0 heterocycles. The maximum atomic E-state index is 10.7. The van der Waals surface area contributed by atoms with E-state index in [1.165, 1.54) is 0 Å². The van der Waals surface area contributed by atoms with Crippen LogP contribution in [0, 0.1) is 0 Å². The van der Waals surface area contributed by atoms with Gasteiger partial charge >= 0.3 is 0 Å². The monoisotopic (exact) mass is 284 g/mol. The lowest BCUT2D eigenvalue weighted by atomic mass is 9.82. The lowest BCUT2D eigenvalue weighted by Gasteiger charge is -2.30. The second-order valence-corrected chi connectivity index (χ2v) is 5.57. The molecule has 1 atom stereocenters. The van der Waals surface area contributed by atoms with E-state index in [1.807, 2.05) is 19.2 Å². The average Bonchev–Trinajstić information content (AvgIpc) is 2.46. The van der Waals surface area contributed by atoms with Crippen molar-refractivity contribution in [2.75, 3.05) is 17.7 Å². The number of anilines is 2. The van der Waals surface area contributed by atoms with Gasteiger partial charge < -0.3 is 15.7 Å². The number of aliphatic hydroxyl groups is 1. The highest BCUT2D eigenvalue weighted by Gasteiger charge is 2.28. The number of hydrogen-bond acceptors (Lipinski definition) is 3. The molecule has 0 spiro atoms. The quantitative estimate of drug-likeness (QED) is 0.770. The number of aliphatic hydroxyl groups excluding tert-OH is 1. The first-order valence-electron chi connectivity index (χ1n) is 7.29. The Bertz CT molecular complexity index is 599. The highest BCUT2D eigenvalue weighted by Crippen LogP contribution is 2.42. The molecule has 1 aliphatic carbocycles. The minimum absolute atomic E-state index is 0.337. The number of benzene rings is 1. The zero-order valence-electron chi connectivity index (χ0n) is 13.0. The van der Waals surface area contributed by atoms with Crippen LogP contribution in [0.1, 0.15) is 31.1 Å². The molecule has 0 bridgehead atoms. The Kier molecular flexibility index (Phi) is 4.53. The summed E-state index contributed by atoms with van der Waals surface area (Å²) in [6, 6.07) is 4.41. The van der Waals surface area contributed by atoms with Crippen molar-refractivity contribution in [3.05, 3.63) is 59.7 Å². The van der Waals surface area contributed by atoms with Crippen LogP contribution in [-0.4, -0.2) is 18.2 Å². The minimum atomic E-state index is -0.671. The summed E-state index contributed by atoms with van der Waals surface area (Å²) in [5.74, 6) is 0. The third kappa shape index (κ3) is 2.74. The van der Waals surface area contributed by atoms with Gasteiger partial charge in [-0.1, -0.05) is 25.3 Å². The summed E-state index contributed by atoms with van der Waals surface area (Å²) in [4.78, 5) is 0. The Balaban J connectivity index is 2.63. The van der Waals surface area contributed by atoms with Crippen molar-refractivity contribution in [2.45, 2.75) is 32.4 Å². The molecular formula is C18H24N2O. The Morgan fingerprint density at radius 1 is 1.24 bits per heavy atom. The third-order valence-electron chi connectivity index (χ3n) is 3.84. The van der Waals surface area contributed by atoms with Crippen LogP contribution in [0.3, 0.4) is 0 Å². The molecule has 0 radical (unpaired) electrons. The van der Waals surface area contributed by atoms with E-state index in [9.17, 15) is 5.11 Å². The lowest BCUT2D eigenvalue weighted by Crippen LogP contribution is -2.19. The molecular weight excluding hydrogens is 260 g/mol. The third-order valence-corrected chi connectivity index (χ3v) is 3.84. The molecule has 3 N–H and O–H groups in total. The van der Waals surface area contributed by atoms with E-state index in [0.29, 0.717) is 6.04 Å². The summed E-state index contributed by atoms with van der Waals surface area (Å²) in [5, 5.41) is 17.4. The highest BCUT2D eigenvalue weighted by atomic mass is 16.3. The van der Waals surface area contributed by atoms with Gasteiger partial charge in [-0.15, -0.1) is 0 Å². The largest absolute Gasteiger partial charge is 0.388 e. The summed E-state index contributed by atoms with van der Waals surface area (Å²) in [6.45, 7) is 11.9. The first-order chi connectivity index (χ1) is 10.0. The average molecular weight is 284 g/mol. The molecule has 1 aliphatic rings. The molecule has 0 saturated carbocycles. The van der Waals surface area contributed by atoms with Crippen LogP contribution in [0.2, 0.25) is 0 Å². The molecule has 1 unspecified atom stereocenters. The number of nitrogens with one attached hydrogen (secondary N) is 2. The van der Waals surface area contributed by atoms with Crippen molar-refractivity contribution >= 4 is 11.4 Å². The fourth-order valence-corrected chi connectivity index (χ4v) is 2.89. The lowest BCUT2D eigenvalue weighted by molar-refractivity contribution is 0.216. The van der Waals surface area contributed by atoms with Crippen LogP contribution in [0.15, 0.2) is 48.6 Å². The summed E-state index contributed by atoms with van der Waals surface area (Å²) in [6.07, 6.45) is 3.62. The molecule has 0 aliphatic heterocycles. The molecule has 112 valence electrons. The van der Waals surface area contributed by atoms with Crippen LogP contribution in [0.25, 0.3) is 0 Å². The summed E-state index contributed by atoms with van der Waals surface area (Å²) < 4.78 is 0. The highest BCUT2D eigenvalue weighted by molar-refractivity contribution is 5.71. The first-order valence-corrected chi connectivity index (χ1v) is 7.29. The summed E-state index contributed by atoms with van der Waals surface area (Å²) in [7, 11) is 1.87. The SMILES string of the molecule is C=CC1=C(C=C)C(O)c2c(NC)ccc(NC(C)C)c2C1. The molecule has 2 rings (SSSR count). The Morgan fingerprint density at radius 2 is 1.90 bits per heavy atom. The van der Waals surface area contributed by atoms with Crippen molar-refractivity contribution in [2.24, 2.45) is 0 Å². The van der Waals surface area contributed by atoms with E-state index in [-0.39, 0.29) is 0 Å². The van der Waals surface area contributed by atoms with E-state index in [1.54, 1.807) is 6.08 Å². The molecule has 0 aromatic heterocycles. The topological polar surface area (TPSA) is 44.3 Å². The van der Waals surface area contributed by atoms with Crippen LogP contribution in [0.5, 0.6) is 0 Å². The van der Waals surface area contributed by atoms with Gasteiger partial charge in [-0.25, -0.2) is 0 Å². The van der Waals surface area contributed by atoms with Crippen LogP contribution >= 0.6 is 0 Å². The first kappa shape index (κ1) is 15.4. The van der Waals surface area contributed by atoms with Crippen LogP contribution < -0.4 is 10.6 Å². The Morgan fingerprint density at radius 3 is 2.43 bits per heavy atom. The van der Waals surface area contributed by atoms with Crippen molar-refractivity contribution in [1.29, 1.82) is 0 Å². The van der Waals surface area contributed by atoms with Gasteiger partial charge in [0, 0.05) is 36.4 Å². The number of hydrogen-bond donors (Lipinski definition) is 3. The van der Waals surface area contributed by atoms with Crippen molar-refractivity contribution < 1.29 is 5.11 Å². The molecule has 21 heavy (non-hydrogen) atoms. The molecule has 1 aromatic rings. The standard InChI is InChI=1S/C18H24N2O/c1-6-12-10-14-15(20-11(3)4)8-9-16(19-5)17(14)18(21)13(12)7-2/h6-9,11,18-21H,1-2,10H2,3-5H3. The normalized spacial score (nSPS) is 17.5.